The monoisotopic (exact) mass is 427 g/mol. The van der Waals surface area contributed by atoms with Gasteiger partial charge in [0.05, 0.1) is 18.7 Å². The summed E-state index contributed by atoms with van der Waals surface area (Å²) in [5, 5.41) is 16.0. The van der Waals surface area contributed by atoms with Crippen LogP contribution < -0.4 is 5.73 Å². The number of nitriles is 1. The van der Waals surface area contributed by atoms with Gasteiger partial charge in [0.1, 0.15) is 6.04 Å². The van der Waals surface area contributed by atoms with Gasteiger partial charge in [-0.3, -0.25) is 9.59 Å². The standard InChI is InChI=1S/C18H24F3N7O2/c1-2-11(15(23)16(30)27-5-3-4-12(27)9-22)8-14(29)26-6-7-28-13(10-26)24-25-17(28)18(19,20)21/h11-12,15H,2-8,10,23H2,1H3/t11-,12+,15+/m1/s1. The van der Waals surface area contributed by atoms with E-state index in [0.717, 1.165) is 11.0 Å². The maximum atomic E-state index is 13.0. The van der Waals surface area contributed by atoms with Crippen LogP contribution >= 0.6 is 0 Å². The number of carbonyl (C=O) groups is 2. The van der Waals surface area contributed by atoms with Crippen molar-refractivity contribution < 1.29 is 22.8 Å². The van der Waals surface area contributed by atoms with Crippen molar-refractivity contribution in [3.63, 3.8) is 0 Å². The quantitative estimate of drug-likeness (QED) is 0.745. The second kappa shape index (κ2) is 8.59. The minimum Gasteiger partial charge on any atom is -0.333 e. The molecule has 0 saturated carbocycles. The summed E-state index contributed by atoms with van der Waals surface area (Å²) in [5.41, 5.74) is 6.15. The lowest BCUT2D eigenvalue weighted by Gasteiger charge is -2.31. The van der Waals surface area contributed by atoms with E-state index in [0.29, 0.717) is 19.4 Å². The van der Waals surface area contributed by atoms with Crippen molar-refractivity contribution >= 4 is 11.8 Å². The maximum Gasteiger partial charge on any atom is 0.451 e. The van der Waals surface area contributed by atoms with Crippen molar-refractivity contribution in [1.29, 1.82) is 5.26 Å². The van der Waals surface area contributed by atoms with Crippen LogP contribution in [0.15, 0.2) is 0 Å². The second-order valence-electron chi connectivity index (χ2n) is 7.62. The molecule has 0 unspecified atom stereocenters. The van der Waals surface area contributed by atoms with Crippen LogP contribution in [0.5, 0.6) is 0 Å². The lowest BCUT2D eigenvalue weighted by atomic mass is 9.92. The molecule has 30 heavy (non-hydrogen) atoms. The Balaban J connectivity index is 1.64. The lowest BCUT2D eigenvalue weighted by molar-refractivity contribution is -0.148. The average Bonchev–Trinajstić information content (AvgIpc) is 3.36. The Kier molecular flexibility index (Phi) is 6.30. The summed E-state index contributed by atoms with van der Waals surface area (Å²) < 4.78 is 39.8. The average molecular weight is 427 g/mol. The number of rotatable bonds is 5. The number of amides is 2. The highest BCUT2D eigenvalue weighted by molar-refractivity contribution is 5.84. The first-order chi connectivity index (χ1) is 14.2. The highest BCUT2D eigenvalue weighted by atomic mass is 19.4. The molecule has 2 amide bonds. The summed E-state index contributed by atoms with van der Waals surface area (Å²) in [4.78, 5) is 28.4. The number of hydrogen-bond donors (Lipinski definition) is 1. The van der Waals surface area contributed by atoms with Gasteiger partial charge in [-0.05, 0) is 18.8 Å². The summed E-state index contributed by atoms with van der Waals surface area (Å²) >= 11 is 0. The molecule has 1 saturated heterocycles. The minimum absolute atomic E-state index is 0.00523. The molecule has 2 aliphatic heterocycles. The van der Waals surface area contributed by atoms with Gasteiger partial charge in [0, 0.05) is 26.1 Å². The Hall–Kier alpha value is -2.68. The van der Waals surface area contributed by atoms with E-state index >= 15 is 0 Å². The molecule has 0 aromatic carbocycles. The molecule has 3 heterocycles. The predicted molar refractivity (Wildman–Crippen MR) is 97.2 cm³/mol. The number of likely N-dealkylation sites (tertiary alicyclic amines) is 1. The molecule has 1 aromatic heterocycles. The molecule has 164 valence electrons. The zero-order valence-electron chi connectivity index (χ0n) is 16.6. The third-order valence-electron chi connectivity index (χ3n) is 5.80. The van der Waals surface area contributed by atoms with E-state index in [9.17, 15) is 28.0 Å². The summed E-state index contributed by atoms with van der Waals surface area (Å²) in [7, 11) is 0. The first-order valence-corrected chi connectivity index (χ1v) is 9.90. The number of alkyl halides is 3. The molecule has 0 bridgehead atoms. The van der Waals surface area contributed by atoms with E-state index in [2.05, 4.69) is 16.3 Å². The number of carbonyl (C=O) groups excluding carboxylic acids is 2. The Labute approximate surface area is 171 Å². The lowest BCUT2D eigenvalue weighted by Crippen LogP contribution is -2.50. The molecule has 3 atom stereocenters. The minimum atomic E-state index is -4.60. The van der Waals surface area contributed by atoms with Gasteiger partial charge in [0.25, 0.3) is 0 Å². The predicted octanol–water partition coefficient (Wildman–Crippen LogP) is 0.897. The van der Waals surface area contributed by atoms with E-state index in [1.165, 1.54) is 9.80 Å². The number of aromatic nitrogens is 3. The molecule has 2 aliphatic rings. The second-order valence-corrected chi connectivity index (χ2v) is 7.62. The van der Waals surface area contributed by atoms with Gasteiger partial charge in [-0.2, -0.15) is 18.4 Å². The van der Waals surface area contributed by atoms with Crippen LogP contribution in [-0.4, -0.2) is 61.6 Å². The molecule has 3 rings (SSSR count). The van der Waals surface area contributed by atoms with Crippen molar-refractivity contribution in [2.75, 3.05) is 13.1 Å². The number of nitrogens with two attached hydrogens (primary N) is 1. The normalized spacial score (nSPS) is 21.1. The molecule has 9 nitrogen and oxygen atoms in total. The van der Waals surface area contributed by atoms with Crippen molar-refractivity contribution in [3.8, 4) is 6.07 Å². The van der Waals surface area contributed by atoms with Gasteiger partial charge in [-0.1, -0.05) is 13.3 Å². The smallest absolute Gasteiger partial charge is 0.333 e. The van der Waals surface area contributed by atoms with Crippen molar-refractivity contribution in [2.24, 2.45) is 11.7 Å². The summed E-state index contributed by atoms with van der Waals surface area (Å²) in [6.45, 7) is 2.25. The zero-order chi connectivity index (χ0) is 22.1. The highest BCUT2D eigenvalue weighted by Gasteiger charge is 2.40. The number of halogens is 3. The van der Waals surface area contributed by atoms with E-state index in [4.69, 9.17) is 5.73 Å². The number of fused-ring (bicyclic) bond motifs is 1. The van der Waals surface area contributed by atoms with Crippen LogP contribution in [0.3, 0.4) is 0 Å². The van der Waals surface area contributed by atoms with Crippen LogP contribution in [0.2, 0.25) is 0 Å². The Morgan fingerprint density at radius 3 is 2.67 bits per heavy atom. The fourth-order valence-corrected chi connectivity index (χ4v) is 4.02. The number of hydrogen-bond acceptors (Lipinski definition) is 6. The maximum absolute atomic E-state index is 13.0. The SMILES string of the molecule is CC[C@H](CC(=O)N1CCn2c(nnc2C(F)(F)F)C1)[C@H](N)C(=O)N1CCC[C@H]1C#N. The summed E-state index contributed by atoms with van der Waals surface area (Å²) in [6, 6.07) is 0.689. The summed E-state index contributed by atoms with van der Waals surface area (Å²) in [6.07, 6.45) is -2.78. The van der Waals surface area contributed by atoms with Crippen LogP contribution in [0, 0.1) is 17.2 Å². The van der Waals surface area contributed by atoms with Crippen LogP contribution in [0.25, 0.3) is 0 Å². The third kappa shape index (κ3) is 4.26. The van der Waals surface area contributed by atoms with Gasteiger partial charge in [-0.25, -0.2) is 0 Å². The molecule has 1 aromatic rings. The molecule has 0 aliphatic carbocycles. The van der Waals surface area contributed by atoms with E-state index < -0.39 is 30.0 Å². The fourth-order valence-electron chi connectivity index (χ4n) is 4.02. The molecule has 0 spiro atoms. The molecule has 2 N–H and O–H groups in total. The van der Waals surface area contributed by atoms with Crippen LogP contribution in [-0.2, 0) is 28.9 Å². The van der Waals surface area contributed by atoms with Gasteiger partial charge in [-0.15, -0.1) is 10.2 Å². The van der Waals surface area contributed by atoms with Gasteiger partial charge < -0.3 is 20.1 Å². The van der Waals surface area contributed by atoms with Gasteiger partial charge in [0.2, 0.25) is 17.6 Å². The Morgan fingerprint density at radius 1 is 1.30 bits per heavy atom. The van der Waals surface area contributed by atoms with E-state index in [-0.39, 0.29) is 43.7 Å². The third-order valence-corrected chi connectivity index (χ3v) is 5.80. The molecule has 0 radical (unpaired) electrons. The van der Waals surface area contributed by atoms with Crippen molar-refractivity contribution in [1.82, 2.24) is 24.6 Å². The largest absolute Gasteiger partial charge is 0.451 e. The van der Waals surface area contributed by atoms with Crippen LogP contribution in [0.1, 0.15) is 44.3 Å². The Bertz CT molecular complexity index is 848. The van der Waals surface area contributed by atoms with Crippen LogP contribution in [0.4, 0.5) is 13.2 Å². The highest BCUT2D eigenvalue weighted by Crippen LogP contribution is 2.30. The van der Waals surface area contributed by atoms with Crippen molar-refractivity contribution in [2.45, 2.75) is 64.0 Å². The number of nitrogens with zero attached hydrogens (tertiary/aromatic N) is 6. The van der Waals surface area contributed by atoms with Gasteiger partial charge in [0.15, 0.2) is 5.82 Å². The Morgan fingerprint density at radius 2 is 2.03 bits per heavy atom. The fraction of sp³-hybridized carbons (Fsp3) is 0.722. The van der Waals surface area contributed by atoms with E-state index in [1.54, 1.807) is 0 Å². The molecular weight excluding hydrogens is 403 g/mol. The summed E-state index contributed by atoms with van der Waals surface area (Å²) in [5.74, 6) is -2.07. The zero-order valence-corrected chi connectivity index (χ0v) is 16.6. The van der Waals surface area contributed by atoms with E-state index in [1.807, 2.05) is 6.92 Å². The topological polar surface area (TPSA) is 121 Å². The first-order valence-electron chi connectivity index (χ1n) is 9.90. The molecular formula is C18H24F3N7O2. The molecule has 1 fully saturated rings. The van der Waals surface area contributed by atoms with Gasteiger partial charge >= 0.3 is 6.18 Å². The first kappa shape index (κ1) is 22.0. The van der Waals surface area contributed by atoms with Crippen molar-refractivity contribution in [3.05, 3.63) is 11.6 Å². The molecule has 12 heteroatoms.